The molecule has 1 heterocycles. The number of nitrogens with zero attached hydrogens (tertiary/aromatic N) is 2. The summed E-state index contributed by atoms with van der Waals surface area (Å²) in [4.78, 5) is 15.2. The molecule has 168 valence electrons. The zero-order valence-corrected chi connectivity index (χ0v) is 16.7. The van der Waals surface area contributed by atoms with Gasteiger partial charge < -0.3 is 10.5 Å². The van der Waals surface area contributed by atoms with Crippen molar-refractivity contribution < 1.29 is 31.5 Å². The highest BCUT2D eigenvalue weighted by molar-refractivity contribution is 5.80. The summed E-state index contributed by atoms with van der Waals surface area (Å²) in [6, 6.07) is 11.6. The van der Waals surface area contributed by atoms with Crippen LogP contribution in [-0.4, -0.2) is 24.5 Å². The Morgan fingerprint density at radius 2 is 1.65 bits per heavy atom. The number of ether oxygens (including phenoxy) is 1. The Kier molecular flexibility index (Phi) is 7.55. The first-order valence-corrected chi connectivity index (χ1v) is 9.24. The Labute approximate surface area is 175 Å². The van der Waals surface area contributed by atoms with Gasteiger partial charge in [-0.3, -0.25) is 9.80 Å². The number of alkyl halides is 5. The number of nitrogens with one attached hydrogen (secondary N) is 1. The number of carbonyl (C=O) groups excluding carboxylic acids is 1. The summed E-state index contributed by atoms with van der Waals surface area (Å²) in [5.74, 6) is -1.07. The van der Waals surface area contributed by atoms with E-state index in [9.17, 15) is 26.7 Å². The molecule has 0 saturated heterocycles. The summed E-state index contributed by atoms with van der Waals surface area (Å²) in [6.07, 6.45) is -9.97. The third-order valence-corrected chi connectivity index (χ3v) is 3.96. The van der Waals surface area contributed by atoms with E-state index < -0.39 is 30.1 Å². The fourth-order valence-corrected chi connectivity index (χ4v) is 2.53. The predicted molar refractivity (Wildman–Crippen MR) is 106 cm³/mol. The average molecular weight is 444 g/mol. The maximum atomic E-state index is 12.9. The lowest BCUT2D eigenvalue weighted by Gasteiger charge is -2.21. The number of halogens is 5. The summed E-state index contributed by atoms with van der Waals surface area (Å²) >= 11 is 0. The van der Waals surface area contributed by atoms with E-state index in [2.05, 4.69) is 15.2 Å². The molecule has 0 saturated carbocycles. The summed E-state index contributed by atoms with van der Waals surface area (Å²) in [5.41, 5.74) is 10.2. The lowest BCUT2D eigenvalue weighted by Crippen LogP contribution is -2.41. The third kappa shape index (κ3) is 6.14. The average Bonchev–Trinajstić information content (AvgIpc) is 3.19. The molecular weight excluding hydrogens is 423 g/mol. The van der Waals surface area contributed by atoms with Gasteiger partial charge in [0, 0.05) is 0 Å². The number of aliphatic imine (C=N–C) groups is 1. The second-order valence-electron chi connectivity index (χ2n) is 6.16. The van der Waals surface area contributed by atoms with Crippen LogP contribution in [0.1, 0.15) is 31.1 Å². The molecule has 1 aliphatic heterocycles. The summed E-state index contributed by atoms with van der Waals surface area (Å²) < 4.78 is 66.2. The van der Waals surface area contributed by atoms with Gasteiger partial charge in [0.2, 0.25) is 5.91 Å². The van der Waals surface area contributed by atoms with Crippen molar-refractivity contribution in [2.24, 2.45) is 10.7 Å². The van der Waals surface area contributed by atoms with Gasteiger partial charge in [-0.15, -0.1) is 0 Å². The van der Waals surface area contributed by atoms with Gasteiger partial charge in [-0.1, -0.05) is 38.1 Å². The first-order chi connectivity index (χ1) is 14.5. The van der Waals surface area contributed by atoms with E-state index in [0.717, 1.165) is 23.3 Å². The normalized spacial score (nSPS) is 16.0. The van der Waals surface area contributed by atoms with Crippen LogP contribution in [-0.2, 0) is 11.2 Å². The molecule has 0 aromatic heterocycles. The van der Waals surface area contributed by atoms with Crippen LogP contribution in [0.5, 0.6) is 5.75 Å². The van der Waals surface area contributed by atoms with Gasteiger partial charge in [0.1, 0.15) is 18.3 Å². The Balaban J connectivity index is 0.00000166. The molecule has 1 unspecified atom stereocenters. The Morgan fingerprint density at radius 1 is 1.06 bits per heavy atom. The van der Waals surface area contributed by atoms with Crippen molar-refractivity contribution >= 4 is 17.9 Å². The molecule has 2 aromatic carbocycles. The highest BCUT2D eigenvalue weighted by atomic mass is 19.4. The Hall–Kier alpha value is -3.21. The quantitative estimate of drug-likeness (QED) is 0.651. The second-order valence-corrected chi connectivity index (χ2v) is 6.16. The van der Waals surface area contributed by atoms with Crippen LogP contribution in [0.2, 0.25) is 0 Å². The number of nitrogens with two attached hydrogens (primary N) is 1. The summed E-state index contributed by atoms with van der Waals surface area (Å²) in [5, 5.41) is 1.48. The molecule has 0 aliphatic carbocycles. The van der Waals surface area contributed by atoms with E-state index in [-0.39, 0.29) is 6.42 Å². The number of amides is 1. The number of hydrazine groups is 1. The minimum Gasteiger partial charge on any atom is -0.426 e. The monoisotopic (exact) mass is 444 g/mol. The number of hydrogen-bond donors (Lipinski definition) is 2. The Morgan fingerprint density at radius 3 is 2.16 bits per heavy atom. The second kappa shape index (κ2) is 9.73. The zero-order chi connectivity index (χ0) is 23.2. The van der Waals surface area contributed by atoms with Crippen LogP contribution in [0.4, 0.5) is 27.6 Å². The molecule has 1 atom stereocenters. The van der Waals surface area contributed by atoms with Gasteiger partial charge >= 0.3 is 12.3 Å². The van der Waals surface area contributed by atoms with E-state index in [1.165, 1.54) is 23.5 Å². The van der Waals surface area contributed by atoms with E-state index in [4.69, 9.17) is 5.73 Å². The van der Waals surface area contributed by atoms with E-state index >= 15 is 0 Å². The van der Waals surface area contributed by atoms with Crippen molar-refractivity contribution in [2.75, 3.05) is 5.01 Å². The maximum Gasteiger partial charge on any atom is 0.499 e. The molecule has 11 heteroatoms. The van der Waals surface area contributed by atoms with Gasteiger partial charge in [-0.2, -0.15) is 27.4 Å². The van der Waals surface area contributed by atoms with Crippen LogP contribution in [0.15, 0.2) is 53.5 Å². The fraction of sp³-hybridized carbons (Fsp3) is 0.300. The molecule has 0 spiro atoms. The number of primary amides is 1. The standard InChI is InChI=1S/C18H15F5N4O2.C2H6/c19-17(20,21)18(22,23)29-14-7-5-13(6-8-14)27-10-25-16(26-27)12-3-1-11(2-4-12)9-15(24)28;1-2/h1-8,10,16,26H,9H2,(H2,24,28);1-2H3. The van der Waals surface area contributed by atoms with Crippen molar-refractivity contribution in [3.05, 3.63) is 59.7 Å². The number of carbonyl (C=O) groups is 1. The van der Waals surface area contributed by atoms with Crippen molar-refractivity contribution in [2.45, 2.75) is 38.7 Å². The molecule has 6 nitrogen and oxygen atoms in total. The topological polar surface area (TPSA) is 80.0 Å². The lowest BCUT2D eigenvalue weighted by molar-refractivity contribution is -0.360. The molecular formula is C20H21F5N4O2. The third-order valence-electron chi connectivity index (χ3n) is 3.96. The van der Waals surface area contributed by atoms with Crippen molar-refractivity contribution in [1.29, 1.82) is 0 Å². The van der Waals surface area contributed by atoms with Crippen LogP contribution >= 0.6 is 0 Å². The fourth-order valence-electron chi connectivity index (χ4n) is 2.53. The molecule has 2 aromatic rings. The minimum absolute atomic E-state index is 0.121. The first kappa shape index (κ1) is 24.1. The number of hydrogen-bond acceptors (Lipinski definition) is 5. The summed E-state index contributed by atoms with van der Waals surface area (Å²) in [6.45, 7) is 4.00. The van der Waals surface area contributed by atoms with Crippen molar-refractivity contribution in [3.8, 4) is 5.75 Å². The molecule has 3 N–H and O–H groups in total. The zero-order valence-electron chi connectivity index (χ0n) is 16.7. The van der Waals surface area contributed by atoms with Crippen LogP contribution < -0.4 is 20.9 Å². The molecule has 0 radical (unpaired) electrons. The molecule has 0 bridgehead atoms. The van der Waals surface area contributed by atoms with Gasteiger partial charge in [0.25, 0.3) is 0 Å². The number of anilines is 1. The Bertz CT molecular complexity index is 899. The summed E-state index contributed by atoms with van der Waals surface area (Å²) in [7, 11) is 0. The van der Waals surface area contributed by atoms with Gasteiger partial charge in [-0.25, -0.2) is 4.99 Å². The lowest BCUT2D eigenvalue weighted by atomic mass is 10.1. The van der Waals surface area contributed by atoms with Crippen molar-refractivity contribution in [3.63, 3.8) is 0 Å². The smallest absolute Gasteiger partial charge is 0.426 e. The minimum atomic E-state index is -5.81. The highest BCUT2D eigenvalue weighted by Crippen LogP contribution is 2.37. The van der Waals surface area contributed by atoms with Gasteiger partial charge in [-0.05, 0) is 35.4 Å². The largest absolute Gasteiger partial charge is 0.499 e. The van der Waals surface area contributed by atoms with Crippen LogP contribution in [0, 0.1) is 0 Å². The molecule has 31 heavy (non-hydrogen) atoms. The van der Waals surface area contributed by atoms with Gasteiger partial charge in [0.15, 0.2) is 0 Å². The molecule has 1 aliphatic rings. The van der Waals surface area contributed by atoms with E-state index in [1.807, 2.05) is 13.8 Å². The highest BCUT2D eigenvalue weighted by Gasteiger charge is 2.61. The maximum absolute atomic E-state index is 12.9. The van der Waals surface area contributed by atoms with Crippen LogP contribution in [0.25, 0.3) is 0 Å². The SMILES string of the molecule is CC.NC(=O)Cc1ccc(C2N=CN(c3ccc(OC(F)(F)C(F)(F)F)cc3)N2)cc1. The van der Waals surface area contributed by atoms with Gasteiger partial charge in [0.05, 0.1) is 12.1 Å². The van der Waals surface area contributed by atoms with Crippen molar-refractivity contribution in [1.82, 2.24) is 5.43 Å². The predicted octanol–water partition coefficient (Wildman–Crippen LogP) is 4.33. The van der Waals surface area contributed by atoms with E-state index in [0.29, 0.717) is 5.69 Å². The molecule has 1 amide bonds. The first-order valence-electron chi connectivity index (χ1n) is 9.24. The number of rotatable bonds is 6. The van der Waals surface area contributed by atoms with E-state index in [1.54, 1.807) is 24.3 Å². The molecule has 0 fully saturated rings. The van der Waals surface area contributed by atoms with Crippen LogP contribution in [0.3, 0.4) is 0 Å². The number of benzene rings is 2. The molecule has 3 rings (SSSR count).